The summed E-state index contributed by atoms with van der Waals surface area (Å²) in [5.41, 5.74) is 0.298. The van der Waals surface area contributed by atoms with Crippen LogP contribution in [0.25, 0.3) is 0 Å². The molecule has 0 saturated heterocycles. The van der Waals surface area contributed by atoms with Gasteiger partial charge in [0.15, 0.2) is 0 Å². The Kier molecular flexibility index (Phi) is 3.13. The van der Waals surface area contributed by atoms with Gasteiger partial charge < -0.3 is 0 Å². The van der Waals surface area contributed by atoms with Crippen LogP contribution in [0.5, 0.6) is 0 Å². The summed E-state index contributed by atoms with van der Waals surface area (Å²) in [6.45, 7) is 0. The van der Waals surface area contributed by atoms with Crippen molar-refractivity contribution in [3.63, 3.8) is 0 Å². The van der Waals surface area contributed by atoms with E-state index in [1.165, 1.54) is 23.9 Å². The number of nitriles is 1. The Bertz CT molecular complexity index is 537. The van der Waals surface area contributed by atoms with Crippen LogP contribution in [0.4, 0.5) is 4.39 Å². The fourth-order valence-electron chi connectivity index (χ4n) is 1.15. The zero-order chi connectivity index (χ0) is 11.4. The Morgan fingerprint density at radius 3 is 2.81 bits per heavy atom. The van der Waals surface area contributed by atoms with E-state index in [4.69, 9.17) is 5.26 Å². The van der Waals surface area contributed by atoms with Crippen molar-refractivity contribution in [1.82, 2.24) is 9.97 Å². The van der Waals surface area contributed by atoms with E-state index in [1.54, 1.807) is 24.7 Å². The lowest BCUT2D eigenvalue weighted by atomic mass is 10.2. The van der Waals surface area contributed by atoms with Crippen molar-refractivity contribution in [3.05, 3.63) is 48.2 Å². The normalized spacial score (nSPS) is 9.75. The predicted octanol–water partition coefficient (Wildman–Crippen LogP) is 2.64. The van der Waals surface area contributed by atoms with Gasteiger partial charge in [0.2, 0.25) is 0 Å². The lowest BCUT2D eigenvalue weighted by Gasteiger charge is -2.00. The number of aromatic nitrogens is 2. The van der Waals surface area contributed by atoms with Crippen molar-refractivity contribution in [2.45, 2.75) is 9.92 Å². The molecule has 1 aromatic carbocycles. The lowest BCUT2D eigenvalue weighted by Crippen LogP contribution is -1.84. The van der Waals surface area contributed by atoms with E-state index in [0.717, 1.165) is 0 Å². The van der Waals surface area contributed by atoms with E-state index in [2.05, 4.69) is 9.97 Å². The van der Waals surface area contributed by atoms with Crippen molar-refractivity contribution in [2.24, 2.45) is 0 Å². The van der Waals surface area contributed by atoms with Gasteiger partial charge in [-0.05, 0) is 18.2 Å². The van der Waals surface area contributed by atoms with Crippen LogP contribution in [-0.4, -0.2) is 9.97 Å². The third-order valence-electron chi connectivity index (χ3n) is 1.76. The molecule has 2 rings (SSSR count). The second-order valence-corrected chi connectivity index (χ2v) is 4.03. The average Bonchev–Trinajstić information content (AvgIpc) is 2.29. The third kappa shape index (κ3) is 2.55. The molecule has 0 radical (unpaired) electrons. The molecule has 0 atom stereocenters. The van der Waals surface area contributed by atoms with Gasteiger partial charge in [-0.1, -0.05) is 11.8 Å². The molecule has 5 heteroatoms. The van der Waals surface area contributed by atoms with Gasteiger partial charge in [0.25, 0.3) is 0 Å². The third-order valence-corrected chi connectivity index (χ3v) is 2.65. The van der Waals surface area contributed by atoms with Crippen LogP contribution in [0.3, 0.4) is 0 Å². The number of benzene rings is 1. The molecule has 0 spiro atoms. The highest BCUT2D eigenvalue weighted by Crippen LogP contribution is 2.26. The van der Waals surface area contributed by atoms with Crippen LogP contribution in [0.1, 0.15) is 5.56 Å². The Labute approximate surface area is 96.0 Å². The number of nitrogens with zero attached hydrogens (tertiary/aromatic N) is 3. The Morgan fingerprint density at radius 2 is 2.12 bits per heavy atom. The summed E-state index contributed by atoms with van der Waals surface area (Å²) in [6.07, 6.45) is 4.71. The highest BCUT2D eigenvalue weighted by atomic mass is 32.2. The minimum atomic E-state index is -0.426. The molecule has 78 valence electrons. The topological polar surface area (TPSA) is 49.6 Å². The molecule has 0 N–H and O–H groups in total. The van der Waals surface area contributed by atoms with Gasteiger partial charge in [0.05, 0.1) is 17.8 Å². The van der Waals surface area contributed by atoms with Crippen molar-refractivity contribution in [2.75, 3.05) is 0 Å². The molecule has 0 aliphatic carbocycles. The molecule has 2 aromatic rings. The van der Waals surface area contributed by atoms with Gasteiger partial charge in [0, 0.05) is 17.3 Å². The summed E-state index contributed by atoms with van der Waals surface area (Å²) in [6, 6.07) is 6.07. The highest BCUT2D eigenvalue weighted by Gasteiger charge is 2.03. The molecule has 0 unspecified atom stereocenters. The summed E-state index contributed by atoms with van der Waals surface area (Å²) in [7, 11) is 0. The Morgan fingerprint density at radius 1 is 1.25 bits per heavy atom. The Hall–Kier alpha value is -1.93. The number of rotatable bonds is 2. The van der Waals surface area contributed by atoms with Crippen molar-refractivity contribution < 1.29 is 4.39 Å². The zero-order valence-electron chi connectivity index (χ0n) is 8.09. The van der Waals surface area contributed by atoms with Gasteiger partial charge in [-0.25, -0.2) is 9.37 Å². The number of hydrogen-bond acceptors (Lipinski definition) is 4. The quantitative estimate of drug-likeness (QED) is 0.797. The smallest absolute Gasteiger partial charge is 0.125 e. The first-order valence-electron chi connectivity index (χ1n) is 4.42. The van der Waals surface area contributed by atoms with E-state index >= 15 is 0 Å². The first-order chi connectivity index (χ1) is 7.78. The zero-order valence-corrected chi connectivity index (χ0v) is 8.91. The molecule has 3 nitrogen and oxygen atoms in total. The minimum absolute atomic E-state index is 0.298. The fourth-order valence-corrected chi connectivity index (χ4v) is 1.97. The van der Waals surface area contributed by atoms with Gasteiger partial charge in [-0.15, -0.1) is 0 Å². The van der Waals surface area contributed by atoms with E-state index in [9.17, 15) is 4.39 Å². The molecule has 0 aliphatic heterocycles. The molecule has 0 amide bonds. The van der Waals surface area contributed by atoms with Gasteiger partial charge >= 0.3 is 0 Å². The summed E-state index contributed by atoms with van der Waals surface area (Å²) in [5, 5.41) is 9.36. The summed E-state index contributed by atoms with van der Waals surface area (Å²) < 4.78 is 13.1. The van der Waals surface area contributed by atoms with Gasteiger partial charge in [0.1, 0.15) is 10.8 Å². The van der Waals surface area contributed by atoms with E-state index in [0.29, 0.717) is 15.5 Å². The predicted molar refractivity (Wildman–Crippen MR) is 57.3 cm³/mol. The molecule has 1 aromatic heterocycles. The maximum absolute atomic E-state index is 13.1. The van der Waals surface area contributed by atoms with E-state index in [-0.39, 0.29) is 0 Å². The molecule has 0 saturated carbocycles. The van der Waals surface area contributed by atoms with Crippen LogP contribution in [0.15, 0.2) is 46.7 Å². The summed E-state index contributed by atoms with van der Waals surface area (Å²) >= 11 is 1.27. The molecule has 0 bridgehead atoms. The van der Waals surface area contributed by atoms with Crippen LogP contribution < -0.4 is 0 Å². The van der Waals surface area contributed by atoms with Crippen LogP contribution in [0.2, 0.25) is 0 Å². The molecular formula is C11H6FN3S. The second-order valence-electron chi connectivity index (χ2n) is 2.93. The molecular weight excluding hydrogens is 225 g/mol. The second kappa shape index (κ2) is 4.73. The lowest BCUT2D eigenvalue weighted by molar-refractivity contribution is 0.623. The minimum Gasteiger partial charge on any atom is -0.260 e. The van der Waals surface area contributed by atoms with E-state index in [1.807, 2.05) is 6.07 Å². The van der Waals surface area contributed by atoms with Crippen molar-refractivity contribution in [3.8, 4) is 6.07 Å². The van der Waals surface area contributed by atoms with Crippen LogP contribution in [-0.2, 0) is 0 Å². The SMILES string of the molecule is N#Cc1cc(F)cc(Sc2cnccn2)c1. The largest absolute Gasteiger partial charge is 0.260 e. The van der Waals surface area contributed by atoms with Gasteiger partial charge in [-0.3, -0.25) is 4.98 Å². The van der Waals surface area contributed by atoms with Crippen molar-refractivity contribution in [1.29, 1.82) is 5.26 Å². The Balaban J connectivity index is 2.29. The molecule has 0 fully saturated rings. The number of halogens is 1. The first kappa shape index (κ1) is 10.6. The highest BCUT2D eigenvalue weighted by molar-refractivity contribution is 7.99. The summed E-state index contributed by atoms with van der Waals surface area (Å²) in [4.78, 5) is 8.59. The van der Waals surface area contributed by atoms with Crippen LogP contribution in [0, 0.1) is 17.1 Å². The van der Waals surface area contributed by atoms with Gasteiger partial charge in [-0.2, -0.15) is 5.26 Å². The van der Waals surface area contributed by atoms with Crippen molar-refractivity contribution >= 4 is 11.8 Å². The average molecular weight is 231 g/mol. The standard InChI is InChI=1S/C11H6FN3S/c12-9-3-8(6-13)4-10(5-9)16-11-7-14-1-2-15-11/h1-5,7H. The van der Waals surface area contributed by atoms with Crippen LogP contribution >= 0.6 is 11.8 Å². The molecule has 16 heavy (non-hydrogen) atoms. The fraction of sp³-hybridized carbons (Fsp3) is 0. The molecule has 1 heterocycles. The first-order valence-corrected chi connectivity index (χ1v) is 5.24. The summed E-state index contributed by atoms with van der Waals surface area (Å²) in [5.74, 6) is -0.426. The van der Waals surface area contributed by atoms with E-state index < -0.39 is 5.82 Å². The number of hydrogen-bond donors (Lipinski definition) is 0. The maximum atomic E-state index is 13.1. The molecule has 0 aliphatic rings. The maximum Gasteiger partial charge on any atom is 0.125 e. The monoisotopic (exact) mass is 231 g/mol.